The van der Waals surface area contributed by atoms with Crippen LogP contribution < -0.4 is 10.2 Å². The summed E-state index contributed by atoms with van der Waals surface area (Å²) < 4.78 is 5.14. The van der Waals surface area contributed by atoms with Crippen molar-refractivity contribution in [2.24, 2.45) is 5.10 Å². The predicted molar refractivity (Wildman–Crippen MR) is 81.9 cm³/mol. The number of hydrogen-bond acceptors (Lipinski definition) is 6. The lowest BCUT2D eigenvalue weighted by Crippen LogP contribution is -1.94. The fraction of sp³-hybridized carbons (Fsp3) is 0.0667. The molecule has 0 unspecified atom stereocenters. The molecule has 110 valence electrons. The van der Waals surface area contributed by atoms with Crippen molar-refractivity contribution in [3.63, 3.8) is 0 Å². The summed E-state index contributed by atoms with van der Waals surface area (Å²) in [6.07, 6.45) is 1.61. The largest absolute Gasteiger partial charge is 0.479 e. The summed E-state index contributed by atoms with van der Waals surface area (Å²) in [5.74, 6) is 0.613. The number of benzene rings is 2. The molecule has 7 nitrogen and oxygen atoms in total. The molecule has 0 aliphatic rings. The molecule has 1 N–H and O–H groups in total. The molecule has 7 heteroatoms. The zero-order valence-electron chi connectivity index (χ0n) is 11.5. The van der Waals surface area contributed by atoms with Crippen molar-refractivity contribution in [3.8, 4) is 11.8 Å². The van der Waals surface area contributed by atoms with Crippen LogP contribution >= 0.6 is 0 Å². The molecule has 2 rings (SSSR count). The molecule has 0 saturated heterocycles. The number of anilines is 1. The SMILES string of the molecule is N#CCOc1ccc(/C=N/Nc2ccc([N+](=O)[O-])cc2)cc1. The van der Waals surface area contributed by atoms with Crippen molar-refractivity contribution < 1.29 is 9.66 Å². The van der Waals surface area contributed by atoms with Gasteiger partial charge in [-0.2, -0.15) is 10.4 Å². The Morgan fingerprint density at radius 3 is 2.50 bits per heavy atom. The van der Waals surface area contributed by atoms with Crippen molar-refractivity contribution in [1.82, 2.24) is 0 Å². The maximum Gasteiger partial charge on any atom is 0.269 e. The normalized spacial score (nSPS) is 10.1. The summed E-state index contributed by atoms with van der Waals surface area (Å²) in [4.78, 5) is 10.1. The molecular formula is C15H12N4O3. The summed E-state index contributed by atoms with van der Waals surface area (Å²) >= 11 is 0. The van der Waals surface area contributed by atoms with Crippen LogP contribution in [0.1, 0.15) is 5.56 Å². The first-order chi connectivity index (χ1) is 10.7. The van der Waals surface area contributed by atoms with Gasteiger partial charge in [0.25, 0.3) is 5.69 Å². The fourth-order valence-electron chi connectivity index (χ4n) is 1.60. The fourth-order valence-corrected chi connectivity index (χ4v) is 1.60. The number of nitrogens with zero attached hydrogens (tertiary/aromatic N) is 3. The monoisotopic (exact) mass is 296 g/mol. The number of nitrogens with one attached hydrogen (secondary N) is 1. The van der Waals surface area contributed by atoms with E-state index < -0.39 is 4.92 Å². The number of ether oxygens (including phenoxy) is 1. The quantitative estimate of drug-likeness (QED) is 0.501. The van der Waals surface area contributed by atoms with Gasteiger partial charge in [-0.3, -0.25) is 15.5 Å². The lowest BCUT2D eigenvalue weighted by molar-refractivity contribution is -0.384. The Balaban J connectivity index is 1.91. The van der Waals surface area contributed by atoms with E-state index >= 15 is 0 Å². The molecule has 0 heterocycles. The first-order valence-corrected chi connectivity index (χ1v) is 6.32. The van der Waals surface area contributed by atoms with E-state index in [9.17, 15) is 10.1 Å². The topological polar surface area (TPSA) is 101 Å². The highest BCUT2D eigenvalue weighted by Gasteiger charge is 2.02. The molecule has 0 aromatic heterocycles. The van der Waals surface area contributed by atoms with Crippen LogP contribution in [-0.2, 0) is 0 Å². The predicted octanol–water partition coefficient (Wildman–Crippen LogP) is 2.94. The molecule has 0 aliphatic carbocycles. The Labute approximate surface area is 126 Å². The summed E-state index contributed by atoms with van der Waals surface area (Å²) in [6.45, 7) is 0.00906. The van der Waals surface area contributed by atoms with E-state index in [0.717, 1.165) is 5.56 Å². The Morgan fingerprint density at radius 2 is 1.91 bits per heavy atom. The minimum Gasteiger partial charge on any atom is -0.479 e. The highest BCUT2D eigenvalue weighted by Crippen LogP contribution is 2.15. The minimum atomic E-state index is -0.455. The van der Waals surface area contributed by atoms with Gasteiger partial charge in [0.15, 0.2) is 6.61 Å². The van der Waals surface area contributed by atoms with E-state index in [-0.39, 0.29) is 12.3 Å². The van der Waals surface area contributed by atoms with Crippen molar-refractivity contribution in [3.05, 3.63) is 64.2 Å². The van der Waals surface area contributed by atoms with Crippen LogP contribution in [0.2, 0.25) is 0 Å². The molecule has 0 amide bonds. The minimum absolute atomic E-state index is 0.00906. The molecule has 2 aromatic rings. The first kappa shape index (κ1) is 15.0. The molecule has 0 spiro atoms. The third kappa shape index (κ3) is 4.31. The Bertz CT molecular complexity index is 703. The summed E-state index contributed by atoms with van der Waals surface area (Å²) in [5.41, 5.74) is 4.31. The molecule has 22 heavy (non-hydrogen) atoms. The third-order valence-electron chi connectivity index (χ3n) is 2.67. The van der Waals surface area contributed by atoms with E-state index in [2.05, 4.69) is 10.5 Å². The second-order valence-electron chi connectivity index (χ2n) is 4.19. The molecule has 0 saturated carbocycles. The second-order valence-corrected chi connectivity index (χ2v) is 4.19. The van der Waals surface area contributed by atoms with E-state index in [1.54, 1.807) is 42.6 Å². The molecule has 0 radical (unpaired) electrons. The van der Waals surface area contributed by atoms with Gasteiger partial charge < -0.3 is 4.74 Å². The Kier molecular flexibility index (Phi) is 5.04. The zero-order chi connectivity index (χ0) is 15.8. The van der Waals surface area contributed by atoms with E-state index in [1.807, 2.05) is 6.07 Å². The lowest BCUT2D eigenvalue weighted by atomic mass is 10.2. The van der Waals surface area contributed by atoms with Gasteiger partial charge in [-0.1, -0.05) is 0 Å². The van der Waals surface area contributed by atoms with Gasteiger partial charge in [-0.15, -0.1) is 0 Å². The summed E-state index contributed by atoms with van der Waals surface area (Å²) in [7, 11) is 0. The van der Waals surface area contributed by atoms with Gasteiger partial charge in [-0.25, -0.2) is 0 Å². The molecular weight excluding hydrogens is 284 g/mol. The number of nitro benzene ring substituents is 1. The summed E-state index contributed by atoms with van der Waals surface area (Å²) in [6, 6.07) is 14.9. The van der Waals surface area contributed by atoms with Gasteiger partial charge in [-0.05, 0) is 42.0 Å². The number of nitro groups is 1. The molecule has 2 aromatic carbocycles. The van der Waals surface area contributed by atoms with Gasteiger partial charge in [0.2, 0.25) is 0 Å². The van der Waals surface area contributed by atoms with Gasteiger partial charge in [0, 0.05) is 12.1 Å². The van der Waals surface area contributed by atoms with Crippen molar-refractivity contribution >= 4 is 17.6 Å². The molecule has 0 bridgehead atoms. The smallest absolute Gasteiger partial charge is 0.269 e. The Hall–Kier alpha value is -3.40. The summed E-state index contributed by atoms with van der Waals surface area (Å²) in [5, 5.41) is 23.0. The Morgan fingerprint density at radius 1 is 1.23 bits per heavy atom. The first-order valence-electron chi connectivity index (χ1n) is 6.32. The maximum atomic E-state index is 10.5. The van der Waals surface area contributed by atoms with Crippen LogP contribution in [0.5, 0.6) is 5.75 Å². The van der Waals surface area contributed by atoms with Crippen LogP contribution in [0, 0.1) is 21.4 Å². The molecule has 0 atom stereocenters. The van der Waals surface area contributed by atoms with E-state index in [4.69, 9.17) is 10.00 Å². The maximum absolute atomic E-state index is 10.5. The number of nitriles is 1. The highest BCUT2D eigenvalue weighted by molar-refractivity contribution is 5.80. The van der Waals surface area contributed by atoms with Crippen LogP contribution in [0.3, 0.4) is 0 Å². The van der Waals surface area contributed by atoms with Crippen LogP contribution in [-0.4, -0.2) is 17.7 Å². The van der Waals surface area contributed by atoms with Crippen LogP contribution in [0.15, 0.2) is 53.6 Å². The second kappa shape index (κ2) is 7.40. The zero-order valence-corrected chi connectivity index (χ0v) is 11.5. The molecule has 0 fully saturated rings. The van der Waals surface area contributed by atoms with Crippen molar-refractivity contribution in [2.75, 3.05) is 12.0 Å². The standard InChI is InChI=1S/C15H12N4O3/c16-9-10-22-15-7-1-12(2-8-15)11-17-18-13-3-5-14(6-4-13)19(20)21/h1-8,11,18H,10H2/b17-11+. The third-order valence-corrected chi connectivity index (χ3v) is 2.67. The van der Waals surface area contributed by atoms with Gasteiger partial charge in [0.1, 0.15) is 11.8 Å². The lowest BCUT2D eigenvalue weighted by Gasteiger charge is -2.01. The van der Waals surface area contributed by atoms with Crippen molar-refractivity contribution in [1.29, 1.82) is 5.26 Å². The number of hydrazone groups is 1. The number of rotatable bonds is 6. The van der Waals surface area contributed by atoms with Gasteiger partial charge >= 0.3 is 0 Å². The molecule has 0 aliphatic heterocycles. The average molecular weight is 296 g/mol. The average Bonchev–Trinajstić information content (AvgIpc) is 2.54. The van der Waals surface area contributed by atoms with E-state index in [1.165, 1.54) is 12.1 Å². The number of hydrogen-bond donors (Lipinski definition) is 1. The van der Waals surface area contributed by atoms with E-state index in [0.29, 0.717) is 11.4 Å². The van der Waals surface area contributed by atoms with Crippen molar-refractivity contribution in [2.45, 2.75) is 0 Å². The van der Waals surface area contributed by atoms with Crippen LogP contribution in [0.4, 0.5) is 11.4 Å². The number of non-ortho nitro benzene ring substituents is 1. The van der Waals surface area contributed by atoms with Gasteiger partial charge in [0.05, 0.1) is 16.8 Å². The highest BCUT2D eigenvalue weighted by atomic mass is 16.6. The van der Waals surface area contributed by atoms with Crippen LogP contribution in [0.25, 0.3) is 0 Å².